The van der Waals surface area contributed by atoms with E-state index in [0.717, 1.165) is 18.7 Å². The summed E-state index contributed by atoms with van der Waals surface area (Å²) in [5, 5.41) is 3.26. The number of nitrogens with one attached hydrogen (secondary N) is 1. The van der Waals surface area contributed by atoms with Crippen LogP contribution in [-0.2, 0) is 4.74 Å². The highest BCUT2D eigenvalue weighted by atomic mass is 16.5. The van der Waals surface area contributed by atoms with Crippen molar-refractivity contribution in [3.63, 3.8) is 0 Å². The Kier molecular flexibility index (Phi) is 2.83. The van der Waals surface area contributed by atoms with Gasteiger partial charge in [-0.15, -0.1) is 0 Å². The molecule has 1 saturated carbocycles. The first-order valence-electron chi connectivity index (χ1n) is 6.22. The molecular weight excluding hydrogens is 232 g/mol. The number of hydrogen-bond acceptors (Lipinski definition) is 6. The van der Waals surface area contributed by atoms with Gasteiger partial charge in [0.1, 0.15) is 0 Å². The minimum atomic E-state index is 0.101. The van der Waals surface area contributed by atoms with Gasteiger partial charge in [0.15, 0.2) is 0 Å². The summed E-state index contributed by atoms with van der Waals surface area (Å²) in [6.45, 7) is 2.71. The number of anilines is 1. The van der Waals surface area contributed by atoms with Crippen LogP contribution in [0.5, 0.6) is 5.88 Å². The van der Waals surface area contributed by atoms with Gasteiger partial charge in [0.2, 0.25) is 11.8 Å². The van der Waals surface area contributed by atoms with Crippen molar-refractivity contribution in [3.8, 4) is 5.88 Å². The minimum Gasteiger partial charge on any atom is -0.481 e. The maximum atomic E-state index is 6.14. The number of nitrogens with zero attached hydrogens (tertiary/aromatic N) is 2. The molecule has 0 aromatic carbocycles. The molecule has 1 aromatic rings. The molecule has 1 aromatic heterocycles. The molecule has 1 aliphatic carbocycles. The first kappa shape index (κ1) is 11.7. The summed E-state index contributed by atoms with van der Waals surface area (Å²) < 4.78 is 10.8. The molecule has 6 nitrogen and oxygen atoms in total. The molecule has 1 saturated heterocycles. The monoisotopic (exact) mass is 250 g/mol. The van der Waals surface area contributed by atoms with Crippen LogP contribution < -0.4 is 15.8 Å². The van der Waals surface area contributed by atoms with Gasteiger partial charge < -0.3 is 20.5 Å². The SMILES string of the molecule is COc1cc(C)nc(NC2C(N)C3CCOC32)n1. The summed E-state index contributed by atoms with van der Waals surface area (Å²) >= 11 is 0. The zero-order chi connectivity index (χ0) is 12.7. The lowest BCUT2D eigenvalue weighted by molar-refractivity contribution is 0.00507. The second kappa shape index (κ2) is 4.37. The lowest BCUT2D eigenvalue weighted by atomic mass is 9.72. The smallest absolute Gasteiger partial charge is 0.226 e. The second-order valence-corrected chi connectivity index (χ2v) is 4.91. The third-order valence-electron chi connectivity index (χ3n) is 3.78. The van der Waals surface area contributed by atoms with Gasteiger partial charge in [0, 0.05) is 30.3 Å². The Labute approximate surface area is 106 Å². The first-order chi connectivity index (χ1) is 8.69. The highest BCUT2D eigenvalue weighted by molar-refractivity contribution is 5.35. The largest absolute Gasteiger partial charge is 0.481 e. The van der Waals surface area contributed by atoms with Gasteiger partial charge in [0.05, 0.1) is 19.3 Å². The highest BCUT2D eigenvalue weighted by Crippen LogP contribution is 2.39. The predicted molar refractivity (Wildman–Crippen MR) is 66.6 cm³/mol. The van der Waals surface area contributed by atoms with Crippen LogP contribution in [0.1, 0.15) is 12.1 Å². The number of ether oxygens (including phenoxy) is 2. The van der Waals surface area contributed by atoms with Gasteiger partial charge in [-0.05, 0) is 13.3 Å². The van der Waals surface area contributed by atoms with Crippen LogP contribution in [0.2, 0.25) is 0 Å². The van der Waals surface area contributed by atoms with Gasteiger partial charge in [-0.1, -0.05) is 0 Å². The summed E-state index contributed by atoms with van der Waals surface area (Å²) in [5.41, 5.74) is 7.00. The summed E-state index contributed by atoms with van der Waals surface area (Å²) in [4.78, 5) is 8.61. The maximum Gasteiger partial charge on any atom is 0.226 e. The fraction of sp³-hybridized carbons (Fsp3) is 0.667. The minimum absolute atomic E-state index is 0.101. The normalized spacial score (nSPS) is 33.7. The molecule has 0 spiro atoms. The average molecular weight is 250 g/mol. The van der Waals surface area contributed by atoms with E-state index < -0.39 is 0 Å². The van der Waals surface area contributed by atoms with E-state index in [1.807, 2.05) is 6.92 Å². The molecule has 0 amide bonds. The summed E-state index contributed by atoms with van der Waals surface area (Å²) in [6.07, 6.45) is 1.26. The standard InChI is InChI=1S/C12H18N4O2/c1-6-5-8(17-2)15-12(14-6)16-10-9(13)7-3-4-18-11(7)10/h5,7,9-11H,3-4,13H2,1-2H3,(H,14,15,16). The summed E-state index contributed by atoms with van der Waals surface area (Å²) in [7, 11) is 1.59. The van der Waals surface area contributed by atoms with Crippen LogP contribution in [0.15, 0.2) is 6.07 Å². The molecule has 2 fully saturated rings. The number of fused-ring (bicyclic) bond motifs is 1. The molecule has 98 valence electrons. The zero-order valence-corrected chi connectivity index (χ0v) is 10.6. The Balaban J connectivity index is 1.74. The van der Waals surface area contributed by atoms with Crippen LogP contribution in [-0.4, -0.2) is 41.9 Å². The number of rotatable bonds is 3. The lowest BCUT2D eigenvalue weighted by Crippen LogP contribution is -2.65. The summed E-state index contributed by atoms with van der Waals surface area (Å²) in [5.74, 6) is 1.59. The molecule has 6 heteroatoms. The van der Waals surface area contributed by atoms with Crippen molar-refractivity contribution in [1.29, 1.82) is 0 Å². The van der Waals surface area contributed by atoms with Crippen LogP contribution >= 0.6 is 0 Å². The van der Waals surface area contributed by atoms with E-state index in [1.54, 1.807) is 13.2 Å². The fourth-order valence-electron chi connectivity index (χ4n) is 2.79. The van der Waals surface area contributed by atoms with Gasteiger partial charge in [-0.2, -0.15) is 4.98 Å². The van der Waals surface area contributed by atoms with Crippen molar-refractivity contribution in [2.24, 2.45) is 11.7 Å². The summed E-state index contributed by atoms with van der Waals surface area (Å²) in [6, 6.07) is 2.01. The van der Waals surface area contributed by atoms with Crippen molar-refractivity contribution < 1.29 is 9.47 Å². The highest BCUT2D eigenvalue weighted by Gasteiger charge is 2.52. The zero-order valence-electron chi connectivity index (χ0n) is 10.6. The Morgan fingerprint density at radius 3 is 3.11 bits per heavy atom. The van der Waals surface area contributed by atoms with E-state index in [-0.39, 0.29) is 18.2 Å². The Bertz CT molecular complexity index is 454. The maximum absolute atomic E-state index is 6.14. The van der Waals surface area contributed by atoms with Gasteiger partial charge in [-0.25, -0.2) is 4.98 Å². The first-order valence-corrected chi connectivity index (χ1v) is 6.22. The van der Waals surface area contributed by atoms with E-state index in [9.17, 15) is 0 Å². The average Bonchev–Trinajstić information content (AvgIpc) is 2.80. The van der Waals surface area contributed by atoms with Crippen LogP contribution in [0.3, 0.4) is 0 Å². The number of nitrogens with two attached hydrogens (primary N) is 1. The van der Waals surface area contributed by atoms with Crippen LogP contribution in [0.25, 0.3) is 0 Å². The molecule has 2 aliphatic rings. The number of methoxy groups -OCH3 is 1. The molecule has 3 N–H and O–H groups in total. The van der Waals surface area contributed by atoms with Crippen molar-refractivity contribution in [1.82, 2.24) is 9.97 Å². The van der Waals surface area contributed by atoms with E-state index in [0.29, 0.717) is 17.7 Å². The van der Waals surface area contributed by atoms with Crippen molar-refractivity contribution >= 4 is 5.95 Å². The van der Waals surface area contributed by atoms with Gasteiger partial charge in [-0.3, -0.25) is 0 Å². The topological polar surface area (TPSA) is 82.3 Å². The number of aromatic nitrogens is 2. The van der Waals surface area contributed by atoms with Crippen molar-refractivity contribution in [3.05, 3.63) is 11.8 Å². The second-order valence-electron chi connectivity index (χ2n) is 4.91. The molecule has 0 radical (unpaired) electrons. The Hall–Kier alpha value is -1.40. The van der Waals surface area contributed by atoms with E-state index in [4.69, 9.17) is 15.2 Å². The number of aryl methyl sites for hydroxylation is 1. The van der Waals surface area contributed by atoms with E-state index in [1.165, 1.54) is 0 Å². The number of hydrogen-bond donors (Lipinski definition) is 2. The molecule has 0 bridgehead atoms. The third kappa shape index (κ3) is 1.81. The molecule has 3 rings (SSSR count). The van der Waals surface area contributed by atoms with Crippen molar-refractivity contribution in [2.45, 2.75) is 31.5 Å². The molecule has 18 heavy (non-hydrogen) atoms. The molecule has 1 aliphatic heterocycles. The molecule has 4 unspecified atom stereocenters. The molecular formula is C12H18N4O2. The lowest BCUT2D eigenvalue weighted by Gasteiger charge is -2.45. The third-order valence-corrected chi connectivity index (χ3v) is 3.78. The predicted octanol–water partition coefficient (Wildman–Crippen LogP) is 0.320. The van der Waals surface area contributed by atoms with Crippen LogP contribution in [0.4, 0.5) is 5.95 Å². The Morgan fingerprint density at radius 1 is 1.50 bits per heavy atom. The fourth-order valence-corrected chi connectivity index (χ4v) is 2.79. The molecule has 2 heterocycles. The van der Waals surface area contributed by atoms with E-state index in [2.05, 4.69) is 15.3 Å². The molecule has 4 atom stereocenters. The van der Waals surface area contributed by atoms with Crippen molar-refractivity contribution in [2.75, 3.05) is 19.0 Å². The van der Waals surface area contributed by atoms with Crippen LogP contribution in [0, 0.1) is 12.8 Å². The quantitative estimate of drug-likeness (QED) is 0.804. The van der Waals surface area contributed by atoms with E-state index >= 15 is 0 Å². The van der Waals surface area contributed by atoms with Gasteiger partial charge >= 0.3 is 0 Å². The Morgan fingerprint density at radius 2 is 2.33 bits per heavy atom. The van der Waals surface area contributed by atoms with Gasteiger partial charge in [0.25, 0.3) is 0 Å².